The zero-order chi connectivity index (χ0) is 9.68. The Hall–Kier alpha value is -0.0400. The minimum absolute atomic E-state index is 0.479. The summed E-state index contributed by atoms with van der Waals surface area (Å²) in [5.41, 5.74) is 6.03. The van der Waals surface area contributed by atoms with Crippen LogP contribution in [0.25, 0.3) is 0 Å². The highest BCUT2D eigenvalue weighted by Gasteiger charge is 2.15. The highest BCUT2D eigenvalue weighted by molar-refractivity contribution is 4.69. The Bertz CT molecular complexity index is 133. The predicted molar refractivity (Wildman–Crippen MR) is 58.6 cm³/mol. The lowest BCUT2D eigenvalue weighted by molar-refractivity contribution is 0.302. The van der Waals surface area contributed by atoms with Gasteiger partial charge in [0.2, 0.25) is 0 Å². The predicted octanol–water partition coefficient (Wildman–Crippen LogP) is 3.33. The van der Waals surface area contributed by atoms with Crippen molar-refractivity contribution in [3.05, 3.63) is 0 Å². The van der Waals surface area contributed by atoms with Crippen molar-refractivity contribution in [1.29, 1.82) is 0 Å². The topological polar surface area (TPSA) is 26.0 Å². The molecular formula is C12H25N. The number of nitrogens with two attached hydrogens (primary N) is 1. The van der Waals surface area contributed by atoms with Gasteiger partial charge < -0.3 is 5.73 Å². The standard InChI is InChI=1S/C12H25N/c1-10-6-4-3-5-7-12(13)9-8-11(10)2/h10-12H,3-9,13H2,1-2H3. The Morgan fingerprint density at radius 2 is 1.38 bits per heavy atom. The van der Waals surface area contributed by atoms with Gasteiger partial charge in [0.05, 0.1) is 0 Å². The Labute approximate surface area is 83.1 Å². The molecule has 0 aromatic carbocycles. The summed E-state index contributed by atoms with van der Waals surface area (Å²) < 4.78 is 0. The van der Waals surface area contributed by atoms with Gasteiger partial charge in [-0.15, -0.1) is 0 Å². The van der Waals surface area contributed by atoms with E-state index in [0.29, 0.717) is 6.04 Å². The van der Waals surface area contributed by atoms with Crippen LogP contribution in [0.1, 0.15) is 58.8 Å². The number of rotatable bonds is 0. The van der Waals surface area contributed by atoms with Crippen LogP contribution < -0.4 is 5.73 Å². The molecule has 0 radical (unpaired) electrons. The van der Waals surface area contributed by atoms with Gasteiger partial charge in [-0.25, -0.2) is 0 Å². The van der Waals surface area contributed by atoms with Crippen molar-refractivity contribution in [2.24, 2.45) is 17.6 Å². The van der Waals surface area contributed by atoms with Crippen LogP contribution in [-0.4, -0.2) is 6.04 Å². The van der Waals surface area contributed by atoms with Crippen molar-refractivity contribution in [2.45, 2.75) is 64.8 Å². The highest BCUT2D eigenvalue weighted by Crippen LogP contribution is 2.25. The summed E-state index contributed by atoms with van der Waals surface area (Å²) in [6.45, 7) is 4.79. The molecule has 3 unspecified atom stereocenters. The molecule has 1 saturated carbocycles. The maximum atomic E-state index is 6.03. The first-order valence-corrected chi connectivity index (χ1v) is 5.95. The normalized spacial score (nSPS) is 38.5. The van der Waals surface area contributed by atoms with Crippen LogP contribution in [0.3, 0.4) is 0 Å². The van der Waals surface area contributed by atoms with Gasteiger partial charge in [-0.05, 0) is 31.1 Å². The van der Waals surface area contributed by atoms with Crippen LogP contribution in [0, 0.1) is 11.8 Å². The fourth-order valence-corrected chi connectivity index (χ4v) is 2.24. The second-order valence-electron chi connectivity index (χ2n) is 4.93. The average molecular weight is 183 g/mol. The maximum absolute atomic E-state index is 6.03. The second kappa shape index (κ2) is 5.64. The summed E-state index contributed by atoms with van der Waals surface area (Å²) in [5.74, 6) is 1.79. The van der Waals surface area contributed by atoms with Crippen LogP contribution in [0.15, 0.2) is 0 Å². The van der Waals surface area contributed by atoms with Crippen LogP contribution in [-0.2, 0) is 0 Å². The van der Waals surface area contributed by atoms with Crippen molar-refractivity contribution >= 4 is 0 Å². The Balaban J connectivity index is 2.35. The molecule has 1 aliphatic carbocycles. The Morgan fingerprint density at radius 1 is 0.769 bits per heavy atom. The summed E-state index contributed by atoms with van der Waals surface area (Å²) >= 11 is 0. The fraction of sp³-hybridized carbons (Fsp3) is 1.00. The lowest BCUT2D eigenvalue weighted by atomic mass is 9.84. The largest absolute Gasteiger partial charge is 0.328 e. The maximum Gasteiger partial charge on any atom is 0.00389 e. The molecule has 1 nitrogen and oxygen atoms in total. The molecule has 2 N–H and O–H groups in total. The van der Waals surface area contributed by atoms with E-state index in [1.54, 1.807) is 0 Å². The van der Waals surface area contributed by atoms with E-state index in [4.69, 9.17) is 5.73 Å². The van der Waals surface area contributed by atoms with Crippen molar-refractivity contribution in [3.8, 4) is 0 Å². The third-order valence-corrected chi connectivity index (χ3v) is 3.70. The first-order chi connectivity index (χ1) is 6.20. The van der Waals surface area contributed by atoms with Gasteiger partial charge >= 0.3 is 0 Å². The molecule has 0 aromatic rings. The summed E-state index contributed by atoms with van der Waals surface area (Å²) in [6, 6.07) is 0.479. The van der Waals surface area contributed by atoms with E-state index in [2.05, 4.69) is 13.8 Å². The van der Waals surface area contributed by atoms with Gasteiger partial charge in [-0.2, -0.15) is 0 Å². The Morgan fingerprint density at radius 3 is 2.15 bits per heavy atom. The van der Waals surface area contributed by atoms with Gasteiger partial charge in [0, 0.05) is 6.04 Å². The molecule has 0 aliphatic heterocycles. The van der Waals surface area contributed by atoms with Gasteiger partial charge in [-0.1, -0.05) is 39.5 Å². The number of hydrogen-bond acceptors (Lipinski definition) is 1. The van der Waals surface area contributed by atoms with Gasteiger partial charge in [0.15, 0.2) is 0 Å². The lowest BCUT2D eigenvalue weighted by Crippen LogP contribution is -2.22. The first-order valence-electron chi connectivity index (χ1n) is 5.95. The average Bonchev–Trinajstić information content (AvgIpc) is 2.12. The van der Waals surface area contributed by atoms with E-state index in [-0.39, 0.29) is 0 Å². The van der Waals surface area contributed by atoms with E-state index in [0.717, 1.165) is 11.8 Å². The van der Waals surface area contributed by atoms with Crippen molar-refractivity contribution < 1.29 is 0 Å². The van der Waals surface area contributed by atoms with Crippen molar-refractivity contribution in [2.75, 3.05) is 0 Å². The molecule has 0 spiro atoms. The fourth-order valence-electron chi connectivity index (χ4n) is 2.24. The molecule has 0 amide bonds. The lowest BCUT2D eigenvalue weighted by Gasteiger charge is -2.23. The van der Waals surface area contributed by atoms with E-state index >= 15 is 0 Å². The number of hydrogen-bond donors (Lipinski definition) is 1. The molecule has 0 heterocycles. The van der Waals surface area contributed by atoms with Crippen molar-refractivity contribution in [1.82, 2.24) is 0 Å². The quantitative estimate of drug-likeness (QED) is 0.612. The van der Waals surface area contributed by atoms with E-state index in [9.17, 15) is 0 Å². The third kappa shape index (κ3) is 4.12. The summed E-state index contributed by atoms with van der Waals surface area (Å²) in [4.78, 5) is 0. The molecule has 1 rings (SSSR count). The van der Waals surface area contributed by atoms with E-state index in [1.807, 2.05) is 0 Å². The van der Waals surface area contributed by atoms with Crippen LogP contribution in [0.2, 0.25) is 0 Å². The molecule has 13 heavy (non-hydrogen) atoms. The molecule has 0 aromatic heterocycles. The van der Waals surface area contributed by atoms with E-state index < -0.39 is 0 Å². The highest BCUT2D eigenvalue weighted by atomic mass is 14.6. The summed E-state index contributed by atoms with van der Waals surface area (Å²) in [7, 11) is 0. The van der Waals surface area contributed by atoms with E-state index in [1.165, 1.54) is 44.9 Å². The molecule has 0 saturated heterocycles. The Kier molecular flexibility index (Phi) is 4.79. The SMILES string of the molecule is CC1CCCCCC(N)CCC1C. The molecule has 78 valence electrons. The van der Waals surface area contributed by atoms with Gasteiger partial charge in [0.1, 0.15) is 0 Å². The molecule has 1 aliphatic rings. The smallest absolute Gasteiger partial charge is 0.00389 e. The van der Waals surface area contributed by atoms with Crippen LogP contribution >= 0.6 is 0 Å². The zero-order valence-corrected chi connectivity index (χ0v) is 9.26. The molecule has 1 fully saturated rings. The molecular weight excluding hydrogens is 158 g/mol. The van der Waals surface area contributed by atoms with Gasteiger partial charge in [0.25, 0.3) is 0 Å². The first kappa shape index (κ1) is 11.0. The monoisotopic (exact) mass is 183 g/mol. The molecule has 1 heteroatoms. The minimum atomic E-state index is 0.479. The summed E-state index contributed by atoms with van der Waals surface area (Å²) in [5, 5.41) is 0. The minimum Gasteiger partial charge on any atom is -0.328 e. The van der Waals surface area contributed by atoms with Crippen molar-refractivity contribution in [3.63, 3.8) is 0 Å². The zero-order valence-electron chi connectivity index (χ0n) is 9.26. The van der Waals surface area contributed by atoms with Crippen LogP contribution in [0.4, 0.5) is 0 Å². The van der Waals surface area contributed by atoms with Gasteiger partial charge in [-0.3, -0.25) is 0 Å². The second-order valence-corrected chi connectivity index (χ2v) is 4.93. The third-order valence-electron chi connectivity index (χ3n) is 3.70. The molecule has 3 atom stereocenters. The summed E-state index contributed by atoms with van der Waals surface area (Å²) in [6.07, 6.45) is 9.41. The van der Waals surface area contributed by atoms with Crippen LogP contribution in [0.5, 0.6) is 0 Å². The molecule has 0 bridgehead atoms.